The molecule has 1 aromatic heterocycles. The Balaban J connectivity index is 2.06. The normalized spacial score (nSPS) is 11.1. The Bertz CT molecular complexity index is 728. The maximum Gasteiger partial charge on any atom is 0.238 e. The molecule has 1 heterocycles. The Morgan fingerprint density at radius 1 is 1.19 bits per heavy atom. The summed E-state index contributed by atoms with van der Waals surface area (Å²) < 4.78 is 27.8. The van der Waals surface area contributed by atoms with Crippen LogP contribution in [0.2, 0.25) is 0 Å². The first kappa shape index (κ1) is 15.1. The Morgan fingerprint density at radius 2 is 1.86 bits per heavy atom. The van der Waals surface area contributed by atoms with Crippen LogP contribution in [-0.2, 0) is 16.4 Å². The summed E-state index contributed by atoms with van der Waals surface area (Å²) >= 11 is 0. The van der Waals surface area contributed by atoms with Gasteiger partial charge in [0, 0.05) is 12.8 Å². The lowest BCUT2D eigenvalue weighted by molar-refractivity contribution is 0.401. The van der Waals surface area contributed by atoms with E-state index in [1.165, 1.54) is 13.4 Å². The van der Waals surface area contributed by atoms with Crippen LogP contribution in [0.3, 0.4) is 0 Å². The fourth-order valence-corrected chi connectivity index (χ4v) is 2.39. The molecule has 0 aliphatic rings. The fourth-order valence-electron chi connectivity index (χ4n) is 1.76. The molecular formula is C14H17N3O3S. The number of aromatic nitrogens is 1. The molecule has 0 fully saturated rings. The van der Waals surface area contributed by atoms with Gasteiger partial charge in [0.05, 0.1) is 17.7 Å². The molecule has 0 saturated heterocycles. The molecule has 21 heavy (non-hydrogen) atoms. The van der Waals surface area contributed by atoms with E-state index in [2.05, 4.69) is 10.3 Å². The number of hydrogen-bond donors (Lipinski definition) is 2. The highest BCUT2D eigenvalue weighted by Crippen LogP contribution is 2.20. The van der Waals surface area contributed by atoms with Crippen molar-refractivity contribution in [1.82, 2.24) is 4.98 Å². The van der Waals surface area contributed by atoms with Gasteiger partial charge in [-0.25, -0.2) is 8.42 Å². The van der Waals surface area contributed by atoms with Gasteiger partial charge in [-0.2, -0.15) is 4.98 Å². The second-order valence-electron chi connectivity index (χ2n) is 4.56. The van der Waals surface area contributed by atoms with Crippen LogP contribution >= 0.6 is 0 Å². The van der Waals surface area contributed by atoms with Crippen LogP contribution in [0.25, 0.3) is 0 Å². The number of nitrogen functional groups attached to an aromatic ring is 1. The van der Waals surface area contributed by atoms with E-state index in [1.807, 2.05) is 0 Å². The van der Waals surface area contributed by atoms with Gasteiger partial charge in [-0.1, -0.05) is 12.1 Å². The summed E-state index contributed by atoms with van der Waals surface area (Å²) in [5.41, 5.74) is 7.11. The summed E-state index contributed by atoms with van der Waals surface area (Å²) in [5, 5.41) is 3.12. The number of sulfone groups is 1. The van der Waals surface area contributed by atoms with E-state index < -0.39 is 9.84 Å². The van der Waals surface area contributed by atoms with Crippen LogP contribution in [0, 0.1) is 0 Å². The van der Waals surface area contributed by atoms with Crippen LogP contribution in [0.1, 0.15) is 5.56 Å². The van der Waals surface area contributed by atoms with Crippen LogP contribution in [-0.4, -0.2) is 26.8 Å². The van der Waals surface area contributed by atoms with Gasteiger partial charge in [0.2, 0.25) is 5.88 Å². The van der Waals surface area contributed by atoms with Crippen LogP contribution in [0.4, 0.5) is 11.5 Å². The second-order valence-corrected chi connectivity index (χ2v) is 6.58. The predicted molar refractivity (Wildman–Crippen MR) is 82.1 cm³/mol. The molecule has 3 N–H and O–H groups in total. The molecule has 0 saturated carbocycles. The van der Waals surface area contributed by atoms with Crippen LogP contribution in [0.5, 0.6) is 5.88 Å². The molecule has 0 aliphatic carbocycles. The molecule has 0 aliphatic heterocycles. The van der Waals surface area contributed by atoms with Crippen molar-refractivity contribution >= 4 is 21.3 Å². The van der Waals surface area contributed by atoms with E-state index in [0.29, 0.717) is 28.8 Å². The molecule has 0 spiro atoms. The first-order valence-electron chi connectivity index (χ1n) is 6.23. The number of hydrogen-bond acceptors (Lipinski definition) is 6. The minimum absolute atomic E-state index is 0.304. The number of nitrogens with two attached hydrogens (primary N) is 1. The molecule has 0 radical (unpaired) electrons. The van der Waals surface area contributed by atoms with E-state index in [0.717, 1.165) is 5.56 Å². The summed E-state index contributed by atoms with van der Waals surface area (Å²) in [4.78, 5) is 4.51. The zero-order valence-electron chi connectivity index (χ0n) is 11.8. The fraction of sp³-hybridized carbons (Fsp3) is 0.214. The molecule has 0 atom stereocenters. The average Bonchev–Trinajstić information content (AvgIpc) is 2.46. The number of nitrogens with one attached hydrogen (secondary N) is 1. The highest BCUT2D eigenvalue weighted by Gasteiger charge is 2.06. The van der Waals surface area contributed by atoms with E-state index in [9.17, 15) is 8.42 Å². The first-order chi connectivity index (χ1) is 9.90. The van der Waals surface area contributed by atoms with Crippen molar-refractivity contribution in [3.05, 3.63) is 42.0 Å². The Hall–Kier alpha value is -2.28. The molecule has 7 heteroatoms. The summed E-state index contributed by atoms with van der Waals surface area (Å²) in [5.74, 6) is 1.00. The van der Waals surface area contributed by atoms with Gasteiger partial charge in [-0.05, 0) is 29.8 Å². The third-order valence-corrected chi connectivity index (χ3v) is 4.04. The predicted octanol–water partition coefficient (Wildman–Crippen LogP) is 1.69. The number of rotatable bonds is 5. The van der Waals surface area contributed by atoms with E-state index in [4.69, 9.17) is 10.5 Å². The SMILES string of the molecule is COc1nc(NCc2ccc(S(C)(=O)=O)cc2)ccc1N. The van der Waals surface area contributed by atoms with E-state index >= 15 is 0 Å². The summed E-state index contributed by atoms with van der Waals surface area (Å²) in [7, 11) is -1.66. The minimum Gasteiger partial charge on any atom is -0.479 e. The summed E-state index contributed by atoms with van der Waals surface area (Å²) in [6.07, 6.45) is 1.19. The van der Waals surface area contributed by atoms with Gasteiger partial charge in [0.1, 0.15) is 5.82 Å². The minimum atomic E-state index is -3.16. The van der Waals surface area contributed by atoms with Crippen molar-refractivity contribution in [1.29, 1.82) is 0 Å². The zero-order valence-corrected chi connectivity index (χ0v) is 12.6. The van der Waals surface area contributed by atoms with Crippen molar-refractivity contribution < 1.29 is 13.2 Å². The maximum absolute atomic E-state index is 11.4. The first-order valence-corrected chi connectivity index (χ1v) is 8.12. The topological polar surface area (TPSA) is 94.3 Å². The van der Waals surface area contributed by atoms with Gasteiger partial charge >= 0.3 is 0 Å². The molecule has 1 aromatic carbocycles. The average molecular weight is 307 g/mol. The largest absolute Gasteiger partial charge is 0.479 e. The quantitative estimate of drug-likeness (QED) is 0.873. The Morgan fingerprint density at radius 3 is 2.43 bits per heavy atom. The zero-order chi connectivity index (χ0) is 15.5. The van der Waals surface area contributed by atoms with Crippen molar-refractivity contribution in [2.45, 2.75) is 11.4 Å². The monoisotopic (exact) mass is 307 g/mol. The second kappa shape index (κ2) is 6.01. The summed E-state index contributed by atoms with van der Waals surface area (Å²) in [6, 6.07) is 10.2. The van der Waals surface area contributed by atoms with Crippen molar-refractivity contribution in [3.63, 3.8) is 0 Å². The Labute approximate surface area is 123 Å². The van der Waals surface area contributed by atoms with Crippen LogP contribution < -0.4 is 15.8 Å². The molecule has 0 amide bonds. The number of ether oxygens (including phenoxy) is 1. The van der Waals surface area contributed by atoms with Crippen molar-refractivity contribution in [2.24, 2.45) is 0 Å². The third kappa shape index (κ3) is 3.85. The molecule has 2 aromatic rings. The molecule has 6 nitrogen and oxygen atoms in total. The van der Waals surface area contributed by atoms with Gasteiger partial charge in [0.25, 0.3) is 0 Å². The van der Waals surface area contributed by atoms with Gasteiger partial charge < -0.3 is 15.8 Å². The lowest BCUT2D eigenvalue weighted by atomic mass is 10.2. The van der Waals surface area contributed by atoms with Gasteiger partial charge in [-0.3, -0.25) is 0 Å². The molecular weight excluding hydrogens is 290 g/mol. The molecule has 0 unspecified atom stereocenters. The molecule has 112 valence electrons. The van der Waals surface area contributed by atoms with E-state index in [1.54, 1.807) is 36.4 Å². The van der Waals surface area contributed by atoms with Crippen LogP contribution in [0.15, 0.2) is 41.3 Å². The molecule has 2 rings (SSSR count). The van der Waals surface area contributed by atoms with Crippen molar-refractivity contribution in [2.75, 3.05) is 24.4 Å². The lowest BCUT2D eigenvalue weighted by Crippen LogP contribution is -2.04. The lowest BCUT2D eigenvalue weighted by Gasteiger charge is -2.09. The smallest absolute Gasteiger partial charge is 0.238 e. The van der Waals surface area contributed by atoms with E-state index in [-0.39, 0.29) is 0 Å². The maximum atomic E-state index is 11.4. The summed E-state index contributed by atoms with van der Waals surface area (Å²) in [6.45, 7) is 0.518. The number of benzene rings is 1. The van der Waals surface area contributed by atoms with Gasteiger partial charge in [-0.15, -0.1) is 0 Å². The number of anilines is 2. The number of nitrogens with zero attached hydrogens (tertiary/aromatic N) is 1. The highest BCUT2D eigenvalue weighted by atomic mass is 32.2. The number of methoxy groups -OCH3 is 1. The standard InChI is InChI=1S/C14H17N3O3S/c1-20-14-12(15)7-8-13(17-14)16-9-10-3-5-11(6-4-10)21(2,18)19/h3-8H,9,15H2,1-2H3,(H,16,17). The van der Waals surface area contributed by atoms with Crippen molar-refractivity contribution in [3.8, 4) is 5.88 Å². The Kier molecular flexibility index (Phi) is 4.32. The van der Waals surface area contributed by atoms with Gasteiger partial charge in [0.15, 0.2) is 9.84 Å². The number of pyridine rings is 1. The highest BCUT2D eigenvalue weighted by molar-refractivity contribution is 7.90. The third-order valence-electron chi connectivity index (χ3n) is 2.91. The molecule has 0 bridgehead atoms.